The molecule has 218 valence electrons. The third kappa shape index (κ3) is 5.44. The smallest absolute Gasteiger partial charge is 0.301 e. The molecule has 5 rings (SSSR count). The van der Waals surface area contributed by atoms with Crippen molar-refractivity contribution < 1.29 is 28.9 Å². The Balaban J connectivity index is 1.69. The molecule has 4 aromatic rings. The summed E-state index contributed by atoms with van der Waals surface area (Å²) in [6.07, 6.45) is 1.88. The zero-order valence-electron chi connectivity index (χ0n) is 24.4. The molecule has 9 heteroatoms. The summed E-state index contributed by atoms with van der Waals surface area (Å²) in [4.78, 5) is 33.6. The normalized spacial score (nSPS) is 16.3. The SMILES string of the molecule is CCCCOc1cccc(/C(O)=C2\C(=O)C(=O)N(c3nc4c(C)cc(C)cc4s3)C2c2ccc(OCC)c(OC)c2)c1. The lowest BCUT2D eigenvalue weighted by molar-refractivity contribution is -0.132. The number of Topliss-reactive ketones (excluding diaryl/α,β-unsaturated/α-hetero) is 1. The Kier molecular flexibility index (Phi) is 8.49. The Morgan fingerprint density at radius 1 is 1.02 bits per heavy atom. The molecule has 1 saturated heterocycles. The highest BCUT2D eigenvalue weighted by molar-refractivity contribution is 7.22. The molecule has 1 unspecified atom stereocenters. The third-order valence-electron chi connectivity index (χ3n) is 7.15. The molecule has 8 nitrogen and oxygen atoms in total. The summed E-state index contributed by atoms with van der Waals surface area (Å²) in [6, 6.07) is 15.3. The molecular weight excluding hydrogens is 552 g/mol. The number of ether oxygens (including phenoxy) is 3. The van der Waals surface area contributed by atoms with Crippen molar-refractivity contribution in [3.05, 3.63) is 82.4 Å². The lowest BCUT2D eigenvalue weighted by Gasteiger charge is -2.24. The summed E-state index contributed by atoms with van der Waals surface area (Å²) in [5.74, 6) is -0.306. The van der Waals surface area contributed by atoms with Gasteiger partial charge in [-0.15, -0.1) is 0 Å². The summed E-state index contributed by atoms with van der Waals surface area (Å²) < 4.78 is 18.0. The van der Waals surface area contributed by atoms with E-state index in [-0.39, 0.29) is 11.3 Å². The topological polar surface area (TPSA) is 98.2 Å². The standard InChI is InChI=1S/C33H34N2O6S/c1-6-8-14-41-23-11-9-10-22(17-23)30(36)27-29(21-12-13-24(40-7-2)25(18-21)39-5)35(32(38)31(27)37)33-34-28-20(4)15-19(3)16-26(28)42-33/h9-13,15-18,29,36H,6-8,14H2,1-5H3/b30-27+. The van der Waals surface area contributed by atoms with Crippen LogP contribution in [0.3, 0.4) is 0 Å². The second-order valence-corrected chi connectivity index (χ2v) is 11.2. The van der Waals surface area contributed by atoms with E-state index in [0.29, 0.717) is 46.7 Å². The van der Waals surface area contributed by atoms with Crippen LogP contribution in [0.2, 0.25) is 0 Å². The molecule has 1 aliphatic heterocycles. The maximum Gasteiger partial charge on any atom is 0.301 e. The second kappa shape index (κ2) is 12.2. The van der Waals surface area contributed by atoms with E-state index in [2.05, 4.69) is 6.92 Å². The molecule has 0 saturated carbocycles. The first kappa shape index (κ1) is 29.1. The molecule has 0 radical (unpaired) electrons. The zero-order chi connectivity index (χ0) is 30.0. The minimum atomic E-state index is -0.957. The highest BCUT2D eigenvalue weighted by Crippen LogP contribution is 2.46. The number of rotatable bonds is 10. The molecule has 1 N–H and O–H groups in total. The first-order valence-electron chi connectivity index (χ1n) is 14.0. The van der Waals surface area contributed by atoms with Gasteiger partial charge in [0.25, 0.3) is 5.78 Å². The monoisotopic (exact) mass is 586 g/mol. The third-order valence-corrected chi connectivity index (χ3v) is 8.15. The summed E-state index contributed by atoms with van der Waals surface area (Å²) in [5.41, 5.74) is 3.72. The summed E-state index contributed by atoms with van der Waals surface area (Å²) in [6.45, 7) is 8.90. The van der Waals surface area contributed by atoms with Gasteiger partial charge in [-0.1, -0.05) is 48.9 Å². The largest absolute Gasteiger partial charge is 0.507 e. The molecule has 2 heterocycles. The number of aromatic nitrogens is 1. The van der Waals surface area contributed by atoms with Crippen molar-refractivity contribution in [2.45, 2.75) is 46.6 Å². The number of carbonyl (C=O) groups excluding carboxylic acids is 2. The van der Waals surface area contributed by atoms with E-state index in [1.807, 2.05) is 32.9 Å². The van der Waals surface area contributed by atoms with E-state index < -0.39 is 17.7 Å². The minimum Gasteiger partial charge on any atom is -0.507 e. The molecule has 0 bridgehead atoms. The van der Waals surface area contributed by atoms with Crippen LogP contribution in [0.1, 0.15) is 55.0 Å². The van der Waals surface area contributed by atoms with Crippen molar-refractivity contribution in [1.29, 1.82) is 0 Å². The lowest BCUT2D eigenvalue weighted by Crippen LogP contribution is -2.29. The number of fused-ring (bicyclic) bond motifs is 1. The average Bonchev–Trinajstić information content (AvgIpc) is 3.51. The zero-order valence-corrected chi connectivity index (χ0v) is 25.2. The fraction of sp³-hybridized carbons (Fsp3) is 0.303. The van der Waals surface area contributed by atoms with E-state index in [1.165, 1.54) is 23.3 Å². The first-order chi connectivity index (χ1) is 20.3. The van der Waals surface area contributed by atoms with Gasteiger partial charge in [0.05, 0.1) is 42.2 Å². The maximum absolute atomic E-state index is 13.7. The van der Waals surface area contributed by atoms with Crippen LogP contribution in [0.25, 0.3) is 16.0 Å². The van der Waals surface area contributed by atoms with E-state index in [9.17, 15) is 14.7 Å². The Labute approximate surface area is 249 Å². The number of nitrogens with zero attached hydrogens (tertiary/aromatic N) is 2. The van der Waals surface area contributed by atoms with Crippen molar-refractivity contribution in [3.8, 4) is 17.2 Å². The second-order valence-electron chi connectivity index (χ2n) is 10.2. The van der Waals surface area contributed by atoms with Gasteiger partial charge >= 0.3 is 5.91 Å². The Morgan fingerprint density at radius 2 is 1.83 bits per heavy atom. The fourth-order valence-corrected chi connectivity index (χ4v) is 6.33. The molecule has 3 aromatic carbocycles. The molecule has 0 spiro atoms. The van der Waals surface area contributed by atoms with Crippen molar-refractivity contribution in [2.24, 2.45) is 0 Å². The van der Waals surface area contributed by atoms with Crippen LogP contribution in [0.5, 0.6) is 17.2 Å². The van der Waals surface area contributed by atoms with E-state index in [0.717, 1.165) is 34.2 Å². The maximum atomic E-state index is 13.7. The summed E-state index contributed by atoms with van der Waals surface area (Å²) in [7, 11) is 1.53. The van der Waals surface area contributed by atoms with Crippen molar-refractivity contribution in [2.75, 3.05) is 25.2 Å². The molecule has 1 aromatic heterocycles. The Morgan fingerprint density at radius 3 is 2.57 bits per heavy atom. The van der Waals surface area contributed by atoms with Gasteiger partial charge in [0.1, 0.15) is 11.5 Å². The number of hydrogen-bond donors (Lipinski definition) is 1. The van der Waals surface area contributed by atoms with Gasteiger partial charge in [0.15, 0.2) is 16.6 Å². The van der Waals surface area contributed by atoms with Gasteiger partial charge in [0.2, 0.25) is 0 Å². The number of methoxy groups -OCH3 is 1. The number of unbranched alkanes of at least 4 members (excludes halogenated alkanes) is 1. The van der Waals surface area contributed by atoms with Crippen LogP contribution in [0.15, 0.2) is 60.2 Å². The Hall–Kier alpha value is -4.37. The predicted molar refractivity (Wildman–Crippen MR) is 165 cm³/mol. The number of hydrogen-bond acceptors (Lipinski definition) is 8. The lowest BCUT2D eigenvalue weighted by atomic mass is 9.95. The molecule has 1 amide bonds. The van der Waals surface area contributed by atoms with Crippen LogP contribution < -0.4 is 19.1 Å². The molecular formula is C33H34N2O6S. The predicted octanol–water partition coefficient (Wildman–Crippen LogP) is 7.13. The highest BCUT2D eigenvalue weighted by Gasteiger charge is 2.48. The van der Waals surface area contributed by atoms with E-state index in [1.54, 1.807) is 42.5 Å². The van der Waals surface area contributed by atoms with Gasteiger partial charge in [-0.05, 0) is 74.2 Å². The van der Waals surface area contributed by atoms with Crippen molar-refractivity contribution in [1.82, 2.24) is 4.98 Å². The molecule has 0 aliphatic carbocycles. The number of thiazole rings is 1. The molecule has 1 atom stereocenters. The van der Waals surface area contributed by atoms with Crippen LogP contribution in [0, 0.1) is 13.8 Å². The number of benzene rings is 3. The quantitative estimate of drug-likeness (QED) is 0.0914. The number of ketones is 1. The van der Waals surface area contributed by atoms with Crippen LogP contribution in [-0.4, -0.2) is 42.1 Å². The molecule has 1 fully saturated rings. The van der Waals surface area contributed by atoms with Gasteiger partial charge in [-0.25, -0.2) is 4.98 Å². The number of carbonyl (C=O) groups is 2. The van der Waals surface area contributed by atoms with Crippen LogP contribution >= 0.6 is 11.3 Å². The number of aliphatic hydroxyl groups is 1. The number of amides is 1. The van der Waals surface area contributed by atoms with Crippen molar-refractivity contribution in [3.63, 3.8) is 0 Å². The Bertz CT molecular complexity index is 1690. The van der Waals surface area contributed by atoms with Crippen LogP contribution in [-0.2, 0) is 9.59 Å². The summed E-state index contributed by atoms with van der Waals surface area (Å²) >= 11 is 1.33. The number of anilines is 1. The molecule has 1 aliphatic rings. The number of aryl methyl sites for hydroxylation is 2. The van der Waals surface area contributed by atoms with Gasteiger partial charge in [0, 0.05) is 5.56 Å². The molecule has 42 heavy (non-hydrogen) atoms. The minimum absolute atomic E-state index is 0.0379. The average molecular weight is 587 g/mol. The fourth-order valence-electron chi connectivity index (χ4n) is 5.16. The van der Waals surface area contributed by atoms with Gasteiger partial charge < -0.3 is 19.3 Å². The van der Waals surface area contributed by atoms with Gasteiger partial charge in [-0.3, -0.25) is 14.5 Å². The van der Waals surface area contributed by atoms with E-state index >= 15 is 0 Å². The van der Waals surface area contributed by atoms with Gasteiger partial charge in [-0.2, -0.15) is 0 Å². The van der Waals surface area contributed by atoms with Crippen molar-refractivity contribution >= 4 is 44.1 Å². The highest BCUT2D eigenvalue weighted by atomic mass is 32.1. The van der Waals surface area contributed by atoms with E-state index in [4.69, 9.17) is 19.2 Å². The number of aliphatic hydroxyl groups excluding tert-OH is 1. The van der Waals surface area contributed by atoms with Crippen LogP contribution in [0.4, 0.5) is 5.13 Å². The summed E-state index contributed by atoms with van der Waals surface area (Å²) in [5, 5.41) is 12.0. The first-order valence-corrected chi connectivity index (χ1v) is 14.8.